The van der Waals surface area contributed by atoms with Gasteiger partial charge in [-0.3, -0.25) is 4.99 Å². The van der Waals surface area contributed by atoms with Crippen molar-refractivity contribution in [2.24, 2.45) is 4.99 Å². The van der Waals surface area contributed by atoms with E-state index in [1.54, 1.807) is 7.11 Å². The number of methoxy groups -OCH3 is 1. The van der Waals surface area contributed by atoms with Crippen LogP contribution in [0.4, 0.5) is 0 Å². The summed E-state index contributed by atoms with van der Waals surface area (Å²) < 4.78 is 5.49. The van der Waals surface area contributed by atoms with Crippen LogP contribution < -0.4 is 4.74 Å². The van der Waals surface area contributed by atoms with Crippen LogP contribution in [0.1, 0.15) is 5.56 Å². The van der Waals surface area contributed by atoms with Crippen LogP contribution in [-0.2, 0) is 0 Å². The van der Waals surface area contributed by atoms with Crippen LogP contribution in [0.3, 0.4) is 0 Å². The van der Waals surface area contributed by atoms with Crippen LogP contribution in [0, 0.1) is 0 Å². The summed E-state index contributed by atoms with van der Waals surface area (Å²) in [4.78, 5) is 4.63. The number of nitrogens with zero attached hydrogens (tertiary/aromatic N) is 1. The van der Waals surface area contributed by atoms with Gasteiger partial charge >= 0.3 is 0 Å². The standard InChI is InChI=1S/C24H23NOS/c1-3-18(21-9-6-7-11-23(21)25-16-17-27)12-13-19-14-15-24(26-2)22-10-5-4-8-20(19)22/h3-15,27H,1,16-17H2,2H3/b13-12+,21-18+,25-23?. The Bertz CT molecular complexity index is 993. The Kier molecular flexibility index (Phi) is 6.50. The number of aliphatic imine (C=N–C) groups is 1. The van der Waals surface area contributed by atoms with Gasteiger partial charge in [-0.25, -0.2) is 0 Å². The third kappa shape index (κ3) is 4.32. The van der Waals surface area contributed by atoms with Crippen molar-refractivity contribution in [2.45, 2.75) is 0 Å². The zero-order valence-electron chi connectivity index (χ0n) is 15.4. The fourth-order valence-corrected chi connectivity index (χ4v) is 3.19. The van der Waals surface area contributed by atoms with Crippen molar-refractivity contribution in [1.29, 1.82) is 0 Å². The van der Waals surface area contributed by atoms with Crippen LogP contribution >= 0.6 is 12.6 Å². The molecule has 1 aliphatic rings. The normalized spacial score (nSPS) is 17.0. The zero-order chi connectivity index (χ0) is 19.1. The molecular formula is C24H23NOS. The van der Waals surface area contributed by atoms with E-state index in [1.807, 2.05) is 42.5 Å². The first-order valence-corrected chi connectivity index (χ1v) is 9.52. The molecule has 0 amide bonds. The maximum absolute atomic E-state index is 5.49. The summed E-state index contributed by atoms with van der Waals surface area (Å²) in [6, 6.07) is 12.3. The van der Waals surface area contributed by atoms with Crippen LogP contribution in [-0.4, -0.2) is 25.1 Å². The second-order valence-electron chi connectivity index (χ2n) is 6.02. The molecule has 0 saturated heterocycles. The van der Waals surface area contributed by atoms with Crippen LogP contribution in [0.15, 0.2) is 95.6 Å². The summed E-state index contributed by atoms with van der Waals surface area (Å²) in [5.41, 5.74) is 4.21. The van der Waals surface area contributed by atoms with Gasteiger partial charge in [-0.1, -0.05) is 73.4 Å². The zero-order valence-corrected chi connectivity index (χ0v) is 16.3. The molecule has 3 rings (SSSR count). The second-order valence-corrected chi connectivity index (χ2v) is 6.47. The van der Waals surface area contributed by atoms with Gasteiger partial charge in [-0.05, 0) is 28.7 Å². The van der Waals surface area contributed by atoms with E-state index in [0.717, 1.165) is 44.7 Å². The van der Waals surface area contributed by atoms with E-state index in [-0.39, 0.29) is 0 Å². The van der Waals surface area contributed by atoms with Crippen molar-refractivity contribution in [2.75, 3.05) is 19.4 Å². The Morgan fingerprint density at radius 1 is 1.11 bits per heavy atom. The molecule has 0 aliphatic heterocycles. The molecule has 0 aromatic heterocycles. The van der Waals surface area contributed by atoms with E-state index in [9.17, 15) is 0 Å². The SMILES string of the molecule is C=CC(/C=C/c1ccc(OC)c2ccccc12)=C1/C=CC=CC1=NCCS. The minimum absolute atomic E-state index is 0.692. The van der Waals surface area contributed by atoms with Gasteiger partial charge in [0.15, 0.2) is 0 Å². The lowest BCUT2D eigenvalue weighted by Gasteiger charge is -2.11. The lowest BCUT2D eigenvalue weighted by Crippen LogP contribution is -2.04. The molecule has 2 aromatic carbocycles. The average molecular weight is 374 g/mol. The number of hydrogen-bond acceptors (Lipinski definition) is 3. The molecule has 2 nitrogen and oxygen atoms in total. The molecule has 0 fully saturated rings. The number of benzene rings is 2. The molecule has 136 valence electrons. The molecule has 0 unspecified atom stereocenters. The molecule has 1 aliphatic carbocycles. The Morgan fingerprint density at radius 3 is 2.63 bits per heavy atom. The first-order valence-electron chi connectivity index (χ1n) is 8.89. The van der Waals surface area contributed by atoms with Gasteiger partial charge in [0.2, 0.25) is 0 Å². The van der Waals surface area contributed by atoms with Gasteiger partial charge in [0.1, 0.15) is 5.75 Å². The molecule has 0 bridgehead atoms. The maximum Gasteiger partial charge on any atom is 0.126 e. The Balaban J connectivity index is 2.04. The average Bonchev–Trinajstić information content (AvgIpc) is 2.73. The minimum atomic E-state index is 0.692. The van der Waals surface area contributed by atoms with Gasteiger partial charge in [0, 0.05) is 23.3 Å². The minimum Gasteiger partial charge on any atom is -0.496 e. The summed E-state index contributed by atoms with van der Waals surface area (Å²) >= 11 is 4.25. The van der Waals surface area contributed by atoms with Crippen molar-refractivity contribution in [3.8, 4) is 5.75 Å². The summed E-state index contributed by atoms with van der Waals surface area (Å²) in [6.07, 6.45) is 14.2. The van der Waals surface area contributed by atoms with Crippen molar-refractivity contribution in [1.82, 2.24) is 0 Å². The molecular weight excluding hydrogens is 350 g/mol. The second kappa shape index (κ2) is 9.24. The van der Waals surface area contributed by atoms with E-state index in [1.165, 1.54) is 0 Å². The maximum atomic E-state index is 5.49. The van der Waals surface area contributed by atoms with Crippen LogP contribution in [0.2, 0.25) is 0 Å². The quantitative estimate of drug-likeness (QED) is 0.631. The molecule has 3 heteroatoms. The van der Waals surface area contributed by atoms with E-state index in [2.05, 4.69) is 60.6 Å². The van der Waals surface area contributed by atoms with Gasteiger partial charge in [-0.15, -0.1) is 0 Å². The fourth-order valence-electron chi connectivity index (χ4n) is 3.09. The molecule has 0 heterocycles. The first-order chi connectivity index (χ1) is 13.3. The van der Waals surface area contributed by atoms with Crippen LogP contribution in [0.5, 0.6) is 5.75 Å². The molecule has 27 heavy (non-hydrogen) atoms. The topological polar surface area (TPSA) is 21.6 Å². The molecule has 0 spiro atoms. The Labute approximate surface area is 166 Å². The molecule has 0 radical (unpaired) electrons. The van der Waals surface area contributed by atoms with Crippen molar-refractivity contribution in [3.05, 3.63) is 96.1 Å². The smallest absolute Gasteiger partial charge is 0.126 e. The number of fused-ring (bicyclic) bond motifs is 1. The highest BCUT2D eigenvalue weighted by molar-refractivity contribution is 7.80. The predicted molar refractivity (Wildman–Crippen MR) is 121 cm³/mol. The summed E-state index contributed by atoms with van der Waals surface area (Å²) in [6.45, 7) is 4.69. The summed E-state index contributed by atoms with van der Waals surface area (Å²) in [7, 11) is 1.70. The monoisotopic (exact) mass is 373 g/mol. The van der Waals surface area contributed by atoms with Crippen LogP contribution in [0.25, 0.3) is 16.8 Å². The van der Waals surface area contributed by atoms with E-state index < -0.39 is 0 Å². The molecule has 0 saturated carbocycles. The predicted octanol–water partition coefficient (Wildman–Crippen LogP) is 5.84. The Hall–Kier alpha value is -2.78. The van der Waals surface area contributed by atoms with E-state index in [0.29, 0.717) is 6.54 Å². The van der Waals surface area contributed by atoms with Crippen molar-refractivity contribution < 1.29 is 4.74 Å². The molecule has 2 aromatic rings. The highest BCUT2D eigenvalue weighted by atomic mass is 32.1. The summed E-state index contributed by atoms with van der Waals surface area (Å²) in [5.74, 6) is 1.61. The van der Waals surface area contributed by atoms with Crippen molar-refractivity contribution in [3.63, 3.8) is 0 Å². The number of hydrogen-bond donors (Lipinski definition) is 1. The third-order valence-electron chi connectivity index (χ3n) is 4.40. The molecule has 0 N–H and O–H groups in total. The fraction of sp³-hybridized carbons (Fsp3) is 0.125. The number of allylic oxidation sites excluding steroid dienone is 8. The third-order valence-corrected chi connectivity index (χ3v) is 4.60. The first kappa shape index (κ1) is 19.0. The van der Waals surface area contributed by atoms with Gasteiger partial charge in [0.25, 0.3) is 0 Å². The highest BCUT2D eigenvalue weighted by Crippen LogP contribution is 2.29. The van der Waals surface area contributed by atoms with Gasteiger partial charge < -0.3 is 4.74 Å². The van der Waals surface area contributed by atoms with Crippen molar-refractivity contribution >= 4 is 35.2 Å². The van der Waals surface area contributed by atoms with Gasteiger partial charge in [0.05, 0.1) is 12.8 Å². The summed E-state index contributed by atoms with van der Waals surface area (Å²) in [5, 5.41) is 2.26. The Morgan fingerprint density at radius 2 is 1.89 bits per heavy atom. The largest absolute Gasteiger partial charge is 0.496 e. The number of rotatable bonds is 6. The molecule has 0 atom stereocenters. The number of ether oxygens (including phenoxy) is 1. The van der Waals surface area contributed by atoms with Gasteiger partial charge in [-0.2, -0.15) is 12.6 Å². The lowest BCUT2D eigenvalue weighted by molar-refractivity contribution is 0.420. The lowest BCUT2D eigenvalue weighted by atomic mass is 9.97. The number of thiol groups is 1. The van der Waals surface area contributed by atoms with E-state index in [4.69, 9.17) is 4.74 Å². The highest BCUT2D eigenvalue weighted by Gasteiger charge is 2.08. The van der Waals surface area contributed by atoms with E-state index >= 15 is 0 Å².